The van der Waals surface area contributed by atoms with Gasteiger partial charge in [-0.2, -0.15) is 0 Å². The minimum absolute atomic E-state index is 0.0870. The van der Waals surface area contributed by atoms with Gasteiger partial charge in [0.15, 0.2) is 0 Å². The second-order valence-electron chi connectivity index (χ2n) is 6.14. The average molecular weight is 366 g/mol. The zero-order chi connectivity index (χ0) is 18.4. The molecule has 1 N–H and O–H groups in total. The third kappa shape index (κ3) is 4.73. The van der Waals surface area contributed by atoms with E-state index in [0.717, 1.165) is 22.9 Å². The summed E-state index contributed by atoms with van der Waals surface area (Å²) >= 11 is 1.53. The van der Waals surface area contributed by atoms with Crippen LogP contribution in [0.5, 0.6) is 0 Å². The fourth-order valence-corrected chi connectivity index (χ4v) is 3.59. The van der Waals surface area contributed by atoms with Gasteiger partial charge in [-0.1, -0.05) is 29.5 Å². The van der Waals surface area contributed by atoms with E-state index in [9.17, 15) is 4.79 Å². The molecule has 1 aromatic carbocycles. The predicted octanol–water partition coefficient (Wildman–Crippen LogP) is 3.87. The number of rotatable bonds is 7. The Balaban J connectivity index is 1.63. The van der Waals surface area contributed by atoms with E-state index >= 15 is 0 Å². The van der Waals surface area contributed by atoms with Gasteiger partial charge in [-0.25, -0.2) is 9.97 Å². The van der Waals surface area contributed by atoms with Crippen molar-refractivity contribution in [2.24, 2.45) is 0 Å². The van der Waals surface area contributed by atoms with E-state index in [1.165, 1.54) is 22.9 Å². The Labute approximate surface area is 157 Å². The summed E-state index contributed by atoms with van der Waals surface area (Å²) in [6, 6.07) is 9.92. The molecule has 5 nitrogen and oxygen atoms in total. The number of carbonyl (C=O) groups excluding carboxylic acids is 1. The number of hydrogen-bond donors (Lipinski definition) is 1. The third-order valence-electron chi connectivity index (χ3n) is 3.99. The molecule has 0 spiro atoms. The predicted molar refractivity (Wildman–Crippen MR) is 103 cm³/mol. The maximum Gasteiger partial charge on any atom is 0.254 e. The average Bonchev–Trinajstić information content (AvgIpc) is 3.15. The minimum Gasteiger partial charge on any atom is -0.352 e. The Morgan fingerprint density at radius 1 is 1.23 bits per heavy atom. The van der Waals surface area contributed by atoms with Crippen LogP contribution in [0.15, 0.2) is 65.2 Å². The molecule has 0 radical (unpaired) electrons. The summed E-state index contributed by atoms with van der Waals surface area (Å²) in [5, 5.41) is 3.71. The zero-order valence-electron chi connectivity index (χ0n) is 15.0. The number of nitrogens with zero attached hydrogens (tertiary/aromatic N) is 3. The standard InChI is InChI=1S/C20H22N4OS/c1-15-6-7-18(16(2)13-15)26-20-17(5-3-8-23-20)19(25)22-9-4-11-24-12-10-21-14-24/h3,5-8,10,12-14H,4,9,11H2,1-2H3,(H,22,25). The number of pyridine rings is 1. The van der Waals surface area contributed by atoms with Gasteiger partial charge in [-0.05, 0) is 44.0 Å². The van der Waals surface area contributed by atoms with Gasteiger partial charge in [0.2, 0.25) is 0 Å². The van der Waals surface area contributed by atoms with Gasteiger partial charge in [0.05, 0.1) is 11.9 Å². The van der Waals surface area contributed by atoms with Crippen LogP contribution in [-0.4, -0.2) is 27.0 Å². The summed E-state index contributed by atoms with van der Waals surface area (Å²) in [6.07, 6.45) is 8.03. The molecule has 2 heterocycles. The maximum absolute atomic E-state index is 12.6. The summed E-state index contributed by atoms with van der Waals surface area (Å²) in [4.78, 5) is 22.1. The molecule has 0 aliphatic heterocycles. The Hall–Kier alpha value is -2.60. The minimum atomic E-state index is -0.0870. The number of carbonyl (C=O) groups is 1. The molecule has 134 valence electrons. The van der Waals surface area contributed by atoms with E-state index in [2.05, 4.69) is 47.3 Å². The molecular weight excluding hydrogens is 344 g/mol. The molecule has 0 bridgehead atoms. The topological polar surface area (TPSA) is 59.8 Å². The SMILES string of the molecule is Cc1ccc(Sc2ncccc2C(=O)NCCCn2ccnc2)c(C)c1. The van der Waals surface area contributed by atoms with Crippen molar-refractivity contribution >= 4 is 17.7 Å². The van der Waals surface area contributed by atoms with Crippen LogP contribution in [0.3, 0.4) is 0 Å². The lowest BCUT2D eigenvalue weighted by molar-refractivity contribution is 0.0949. The van der Waals surface area contributed by atoms with Gasteiger partial charge in [0.25, 0.3) is 5.91 Å². The highest BCUT2D eigenvalue weighted by Crippen LogP contribution is 2.31. The lowest BCUT2D eigenvalue weighted by Crippen LogP contribution is -2.26. The molecule has 0 saturated heterocycles. The van der Waals surface area contributed by atoms with Crippen LogP contribution in [0.2, 0.25) is 0 Å². The second kappa shape index (κ2) is 8.67. The number of aromatic nitrogens is 3. The number of amides is 1. The normalized spacial score (nSPS) is 10.7. The lowest BCUT2D eigenvalue weighted by Gasteiger charge is -2.11. The molecule has 26 heavy (non-hydrogen) atoms. The first-order valence-corrected chi connectivity index (χ1v) is 9.39. The second-order valence-corrected chi connectivity index (χ2v) is 7.17. The fraction of sp³-hybridized carbons (Fsp3) is 0.250. The zero-order valence-corrected chi connectivity index (χ0v) is 15.8. The molecule has 0 aliphatic rings. The molecule has 3 rings (SSSR count). The Bertz CT molecular complexity index is 877. The summed E-state index contributed by atoms with van der Waals surface area (Å²) in [7, 11) is 0. The summed E-state index contributed by atoms with van der Waals surface area (Å²) in [6.45, 7) is 5.59. The molecule has 0 aliphatic carbocycles. The number of imidazole rings is 1. The Kier molecular flexibility index (Phi) is 6.07. The summed E-state index contributed by atoms with van der Waals surface area (Å²) in [5.74, 6) is -0.0870. The quantitative estimate of drug-likeness (QED) is 0.645. The largest absolute Gasteiger partial charge is 0.352 e. The van der Waals surface area contributed by atoms with E-state index in [-0.39, 0.29) is 5.91 Å². The van der Waals surface area contributed by atoms with Crippen molar-refractivity contribution in [2.45, 2.75) is 36.7 Å². The van der Waals surface area contributed by atoms with Crippen LogP contribution in [0.1, 0.15) is 27.9 Å². The van der Waals surface area contributed by atoms with Crippen LogP contribution >= 0.6 is 11.8 Å². The first-order chi connectivity index (χ1) is 12.6. The number of aryl methyl sites for hydroxylation is 3. The Morgan fingerprint density at radius 2 is 2.12 bits per heavy atom. The van der Waals surface area contributed by atoms with Crippen molar-refractivity contribution in [3.63, 3.8) is 0 Å². The molecule has 0 saturated carbocycles. The van der Waals surface area contributed by atoms with Gasteiger partial charge in [-0.3, -0.25) is 4.79 Å². The summed E-state index contributed by atoms with van der Waals surface area (Å²) in [5.41, 5.74) is 3.02. The van der Waals surface area contributed by atoms with Gasteiger partial charge < -0.3 is 9.88 Å². The maximum atomic E-state index is 12.6. The molecule has 0 unspecified atom stereocenters. The van der Waals surface area contributed by atoms with Gasteiger partial charge in [-0.15, -0.1) is 0 Å². The number of nitrogens with one attached hydrogen (secondary N) is 1. The molecule has 1 amide bonds. The van der Waals surface area contributed by atoms with Crippen LogP contribution < -0.4 is 5.32 Å². The number of hydrogen-bond acceptors (Lipinski definition) is 4. The molecule has 6 heteroatoms. The highest BCUT2D eigenvalue weighted by molar-refractivity contribution is 7.99. The first kappa shape index (κ1) is 18.2. The molecular formula is C20H22N4OS. The van der Waals surface area contributed by atoms with E-state index in [1.54, 1.807) is 24.8 Å². The van der Waals surface area contributed by atoms with Gasteiger partial charge >= 0.3 is 0 Å². The smallest absolute Gasteiger partial charge is 0.254 e. The lowest BCUT2D eigenvalue weighted by atomic mass is 10.2. The van der Waals surface area contributed by atoms with Crippen LogP contribution in [0.4, 0.5) is 0 Å². The van der Waals surface area contributed by atoms with Crippen LogP contribution in [0.25, 0.3) is 0 Å². The van der Waals surface area contributed by atoms with Crippen molar-refractivity contribution < 1.29 is 4.79 Å². The van der Waals surface area contributed by atoms with Crippen LogP contribution in [-0.2, 0) is 6.54 Å². The Morgan fingerprint density at radius 3 is 2.88 bits per heavy atom. The van der Waals surface area contributed by atoms with Crippen molar-refractivity contribution in [1.82, 2.24) is 19.9 Å². The van der Waals surface area contributed by atoms with E-state index in [1.807, 2.05) is 16.8 Å². The molecule has 2 aromatic heterocycles. The van der Waals surface area contributed by atoms with Crippen molar-refractivity contribution in [2.75, 3.05) is 6.54 Å². The van der Waals surface area contributed by atoms with Crippen LogP contribution in [0, 0.1) is 13.8 Å². The van der Waals surface area contributed by atoms with E-state index in [4.69, 9.17) is 0 Å². The number of benzene rings is 1. The highest BCUT2D eigenvalue weighted by atomic mass is 32.2. The molecule has 0 fully saturated rings. The molecule has 0 atom stereocenters. The first-order valence-electron chi connectivity index (χ1n) is 8.57. The highest BCUT2D eigenvalue weighted by Gasteiger charge is 2.14. The van der Waals surface area contributed by atoms with Gasteiger partial charge in [0, 0.05) is 36.6 Å². The van der Waals surface area contributed by atoms with E-state index in [0.29, 0.717) is 12.1 Å². The summed E-state index contributed by atoms with van der Waals surface area (Å²) < 4.78 is 2.00. The van der Waals surface area contributed by atoms with Crippen molar-refractivity contribution in [1.29, 1.82) is 0 Å². The van der Waals surface area contributed by atoms with Crippen molar-refractivity contribution in [3.8, 4) is 0 Å². The third-order valence-corrected chi connectivity index (χ3v) is 5.19. The monoisotopic (exact) mass is 366 g/mol. The van der Waals surface area contributed by atoms with Crippen molar-refractivity contribution in [3.05, 3.63) is 71.9 Å². The molecule has 3 aromatic rings. The van der Waals surface area contributed by atoms with Gasteiger partial charge in [0.1, 0.15) is 5.03 Å². The van der Waals surface area contributed by atoms with E-state index < -0.39 is 0 Å². The fourth-order valence-electron chi connectivity index (χ4n) is 2.64.